The van der Waals surface area contributed by atoms with Crippen LogP contribution in [0.4, 0.5) is 0 Å². The van der Waals surface area contributed by atoms with Gasteiger partial charge in [-0.15, -0.1) is 0 Å². The van der Waals surface area contributed by atoms with Gasteiger partial charge in [0.25, 0.3) is 0 Å². The quantitative estimate of drug-likeness (QED) is 0.614. The third kappa shape index (κ3) is 1.52. The molecule has 20 heavy (non-hydrogen) atoms. The first-order valence-corrected chi connectivity index (χ1v) is 7.35. The van der Waals surface area contributed by atoms with Gasteiger partial charge in [0.05, 0.1) is 24.3 Å². The molecule has 0 aromatic rings. The second-order valence-corrected chi connectivity index (χ2v) is 6.55. The summed E-state index contributed by atoms with van der Waals surface area (Å²) in [5, 5.41) is 9.05. The zero-order valence-electron chi connectivity index (χ0n) is 11.1. The molecule has 5 nitrogen and oxygen atoms in total. The van der Waals surface area contributed by atoms with Crippen LogP contribution in [0.5, 0.6) is 0 Å². The number of nitrogens with zero attached hydrogens (tertiary/aromatic N) is 1. The Balaban J connectivity index is 1.64. The predicted molar refractivity (Wildman–Crippen MR) is 68.3 cm³/mol. The van der Waals surface area contributed by atoms with Gasteiger partial charge < -0.3 is 5.11 Å². The molecule has 4 aliphatic rings. The maximum absolute atomic E-state index is 12.6. The van der Waals surface area contributed by atoms with Gasteiger partial charge in [0.15, 0.2) is 0 Å². The first kappa shape index (κ1) is 12.1. The van der Waals surface area contributed by atoms with Crippen molar-refractivity contribution in [2.45, 2.75) is 31.7 Å². The maximum atomic E-state index is 12.6. The van der Waals surface area contributed by atoms with Crippen LogP contribution in [-0.4, -0.2) is 33.8 Å². The highest BCUT2D eigenvalue weighted by atomic mass is 16.4. The van der Waals surface area contributed by atoms with Crippen LogP contribution in [-0.2, 0) is 14.4 Å². The number of likely N-dealkylation sites (tertiary alicyclic amines) is 1. The Labute approximate surface area is 116 Å². The van der Waals surface area contributed by atoms with Crippen LogP contribution in [0.15, 0.2) is 12.2 Å². The molecule has 5 unspecified atom stereocenters. The molecule has 3 fully saturated rings. The summed E-state index contributed by atoms with van der Waals surface area (Å²) in [6, 6.07) is -0.419. The number of carboxylic acids is 1. The molecule has 2 saturated carbocycles. The molecule has 0 radical (unpaired) electrons. The average Bonchev–Trinajstić information content (AvgIpc) is 2.95. The van der Waals surface area contributed by atoms with Crippen molar-refractivity contribution < 1.29 is 19.5 Å². The minimum absolute atomic E-state index is 0.107. The SMILES string of the molecule is O=C(O)CC(C1CC1)N1C(=O)C2C3C=CC(C3)C2C1=O. The van der Waals surface area contributed by atoms with Crippen molar-refractivity contribution in [2.24, 2.45) is 29.6 Å². The van der Waals surface area contributed by atoms with E-state index in [1.165, 1.54) is 4.90 Å². The molecule has 1 heterocycles. The molecule has 5 atom stereocenters. The number of carbonyl (C=O) groups excluding carboxylic acids is 2. The van der Waals surface area contributed by atoms with Gasteiger partial charge in [-0.3, -0.25) is 19.3 Å². The second kappa shape index (κ2) is 3.93. The van der Waals surface area contributed by atoms with Gasteiger partial charge in [0.1, 0.15) is 0 Å². The molecule has 4 rings (SSSR count). The van der Waals surface area contributed by atoms with E-state index in [2.05, 4.69) is 12.2 Å². The number of imide groups is 1. The van der Waals surface area contributed by atoms with Crippen LogP contribution < -0.4 is 0 Å². The van der Waals surface area contributed by atoms with Gasteiger partial charge in [-0.2, -0.15) is 0 Å². The lowest BCUT2D eigenvalue weighted by Crippen LogP contribution is -2.44. The van der Waals surface area contributed by atoms with E-state index < -0.39 is 12.0 Å². The molecule has 2 bridgehead atoms. The highest BCUT2D eigenvalue weighted by Crippen LogP contribution is 2.54. The van der Waals surface area contributed by atoms with E-state index in [9.17, 15) is 14.4 Å². The van der Waals surface area contributed by atoms with Crippen molar-refractivity contribution in [3.05, 3.63) is 12.2 Å². The molecule has 2 amide bonds. The number of allylic oxidation sites excluding steroid dienone is 2. The molecule has 1 aliphatic heterocycles. The first-order chi connectivity index (χ1) is 9.58. The molecule has 3 aliphatic carbocycles. The smallest absolute Gasteiger partial charge is 0.305 e. The van der Waals surface area contributed by atoms with Gasteiger partial charge >= 0.3 is 5.97 Å². The van der Waals surface area contributed by atoms with Crippen LogP contribution in [0.2, 0.25) is 0 Å². The Morgan fingerprint density at radius 1 is 1.20 bits per heavy atom. The fraction of sp³-hybridized carbons (Fsp3) is 0.667. The lowest BCUT2D eigenvalue weighted by atomic mass is 9.85. The number of amides is 2. The van der Waals surface area contributed by atoms with E-state index in [1.54, 1.807) is 0 Å². The van der Waals surface area contributed by atoms with Crippen LogP contribution in [0.1, 0.15) is 25.7 Å². The summed E-state index contributed by atoms with van der Waals surface area (Å²) in [7, 11) is 0. The van der Waals surface area contributed by atoms with Gasteiger partial charge in [0, 0.05) is 0 Å². The Morgan fingerprint density at radius 2 is 1.75 bits per heavy atom. The number of aliphatic carboxylic acids is 1. The second-order valence-electron chi connectivity index (χ2n) is 6.55. The van der Waals surface area contributed by atoms with Crippen molar-refractivity contribution in [2.75, 3.05) is 0 Å². The Kier molecular flexibility index (Phi) is 2.38. The monoisotopic (exact) mass is 275 g/mol. The van der Waals surface area contributed by atoms with E-state index in [0.29, 0.717) is 0 Å². The van der Waals surface area contributed by atoms with Crippen molar-refractivity contribution >= 4 is 17.8 Å². The molecule has 0 spiro atoms. The standard InChI is InChI=1S/C15H17NO4/c17-11(18)6-10(7-1-2-7)16-14(19)12-8-3-4-9(5-8)13(12)15(16)20/h3-4,7-10,12-13H,1-2,5-6H2,(H,17,18). The molecule has 1 saturated heterocycles. The Hall–Kier alpha value is -1.65. The molecule has 106 valence electrons. The molecule has 0 aromatic heterocycles. The number of rotatable bonds is 4. The van der Waals surface area contributed by atoms with E-state index in [1.807, 2.05) is 0 Å². The number of hydrogen-bond donors (Lipinski definition) is 1. The van der Waals surface area contributed by atoms with Crippen LogP contribution in [0.25, 0.3) is 0 Å². The van der Waals surface area contributed by atoms with Gasteiger partial charge in [-0.05, 0) is 37.0 Å². The Morgan fingerprint density at radius 3 is 2.20 bits per heavy atom. The minimum atomic E-state index is -0.930. The summed E-state index contributed by atoms with van der Waals surface area (Å²) >= 11 is 0. The number of carbonyl (C=O) groups is 3. The molecular formula is C15H17NO4. The summed E-state index contributed by atoms with van der Waals surface area (Å²) in [5.41, 5.74) is 0. The van der Waals surface area contributed by atoms with Crippen molar-refractivity contribution in [3.8, 4) is 0 Å². The number of fused-ring (bicyclic) bond motifs is 5. The number of carboxylic acid groups (broad SMARTS) is 1. The van der Waals surface area contributed by atoms with Crippen LogP contribution >= 0.6 is 0 Å². The lowest BCUT2D eigenvalue weighted by molar-refractivity contribution is -0.146. The van der Waals surface area contributed by atoms with Crippen LogP contribution in [0.3, 0.4) is 0 Å². The Bertz CT molecular complexity index is 506. The summed E-state index contributed by atoms with van der Waals surface area (Å²) in [6.45, 7) is 0. The van der Waals surface area contributed by atoms with Gasteiger partial charge in [0.2, 0.25) is 11.8 Å². The molecule has 5 heteroatoms. The summed E-state index contributed by atoms with van der Waals surface area (Å²) in [6.07, 6.45) is 6.77. The molecular weight excluding hydrogens is 258 g/mol. The molecule has 0 aromatic carbocycles. The summed E-state index contributed by atoms with van der Waals surface area (Å²) < 4.78 is 0. The highest BCUT2D eigenvalue weighted by Gasteiger charge is 2.61. The van der Waals surface area contributed by atoms with Crippen LogP contribution in [0, 0.1) is 29.6 Å². The summed E-state index contributed by atoms with van der Waals surface area (Å²) in [5.74, 6) is -1.01. The largest absolute Gasteiger partial charge is 0.481 e. The zero-order chi connectivity index (χ0) is 14.0. The normalized spacial score (nSPS) is 39.5. The highest BCUT2D eigenvalue weighted by molar-refractivity contribution is 6.07. The van der Waals surface area contributed by atoms with Crippen molar-refractivity contribution in [1.82, 2.24) is 4.90 Å². The van der Waals surface area contributed by atoms with Gasteiger partial charge in [-0.25, -0.2) is 0 Å². The fourth-order valence-electron chi connectivity index (χ4n) is 4.38. The lowest BCUT2D eigenvalue weighted by Gasteiger charge is -2.26. The maximum Gasteiger partial charge on any atom is 0.305 e. The van der Waals surface area contributed by atoms with E-state index >= 15 is 0 Å². The van der Waals surface area contributed by atoms with E-state index in [-0.39, 0.29) is 47.8 Å². The molecule has 1 N–H and O–H groups in total. The third-order valence-electron chi connectivity index (χ3n) is 5.39. The number of hydrogen-bond acceptors (Lipinski definition) is 3. The van der Waals surface area contributed by atoms with E-state index in [4.69, 9.17) is 5.11 Å². The van der Waals surface area contributed by atoms with Crippen molar-refractivity contribution in [3.63, 3.8) is 0 Å². The van der Waals surface area contributed by atoms with Crippen molar-refractivity contribution in [1.29, 1.82) is 0 Å². The third-order valence-corrected chi connectivity index (χ3v) is 5.39. The van der Waals surface area contributed by atoms with Gasteiger partial charge in [-0.1, -0.05) is 12.2 Å². The average molecular weight is 275 g/mol. The zero-order valence-corrected chi connectivity index (χ0v) is 11.1. The minimum Gasteiger partial charge on any atom is -0.481 e. The van der Waals surface area contributed by atoms with E-state index in [0.717, 1.165) is 19.3 Å². The first-order valence-electron chi connectivity index (χ1n) is 7.35. The predicted octanol–water partition coefficient (Wildman–Crippen LogP) is 1.05. The fourth-order valence-corrected chi connectivity index (χ4v) is 4.38. The summed E-state index contributed by atoms with van der Waals surface area (Å²) in [4.78, 5) is 37.6. The topological polar surface area (TPSA) is 74.7 Å².